The van der Waals surface area contributed by atoms with Crippen LogP contribution in [0.15, 0.2) is 24.3 Å². The molecule has 15 heavy (non-hydrogen) atoms. The summed E-state index contributed by atoms with van der Waals surface area (Å²) in [7, 11) is 1.31. The zero-order valence-corrected chi connectivity index (χ0v) is 8.43. The highest BCUT2D eigenvalue weighted by atomic mass is 16.5. The molecule has 2 N–H and O–H groups in total. The first kappa shape index (κ1) is 11.2. The Bertz CT molecular complexity index is 396. The molecule has 0 saturated carbocycles. The van der Waals surface area contributed by atoms with Gasteiger partial charge in [0.25, 0.3) is 0 Å². The van der Waals surface area contributed by atoms with Gasteiger partial charge in [0.05, 0.1) is 25.2 Å². The van der Waals surface area contributed by atoms with Crippen molar-refractivity contribution >= 4 is 5.97 Å². The molecule has 0 radical (unpaired) electrons. The van der Waals surface area contributed by atoms with Gasteiger partial charge in [0.2, 0.25) is 0 Å². The molecule has 0 aliphatic rings. The largest absolute Gasteiger partial charge is 0.469 e. The molecule has 0 spiro atoms. The SMILES string of the molecule is COC(=O)C[C@@H](N)c1ccccc1C#N. The van der Waals surface area contributed by atoms with Crippen LogP contribution in [-0.2, 0) is 9.53 Å². The standard InChI is InChI=1S/C11H12N2O2/c1-15-11(14)6-10(13)9-5-3-2-4-8(9)7-12/h2-5,10H,6,13H2,1H3/t10-/m1/s1. The lowest BCUT2D eigenvalue weighted by Gasteiger charge is -2.11. The lowest BCUT2D eigenvalue weighted by molar-refractivity contribution is -0.141. The van der Waals surface area contributed by atoms with Crippen molar-refractivity contribution in [2.45, 2.75) is 12.5 Å². The first-order valence-corrected chi connectivity index (χ1v) is 4.50. The number of esters is 1. The summed E-state index contributed by atoms with van der Waals surface area (Å²) < 4.78 is 4.51. The van der Waals surface area contributed by atoms with Crippen LogP contribution in [0, 0.1) is 11.3 Å². The van der Waals surface area contributed by atoms with Crippen molar-refractivity contribution in [1.82, 2.24) is 0 Å². The maximum absolute atomic E-state index is 11.0. The van der Waals surface area contributed by atoms with Gasteiger partial charge < -0.3 is 10.5 Å². The summed E-state index contributed by atoms with van der Waals surface area (Å²) in [4.78, 5) is 11.0. The summed E-state index contributed by atoms with van der Waals surface area (Å²) in [6, 6.07) is 8.50. The first-order valence-electron chi connectivity index (χ1n) is 4.50. The van der Waals surface area contributed by atoms with Gasteiger partial charge in [-0.2, -0.15) is 5.26 Å². The highest BCUT2D eigenvalue weighted by molar-refractivity contribution is 5.70. The third kappa shape index (κ3) is 2.79. The molecule has 78 valence electrons. The third-order valence-corrected chi connectivity index (χ3v) is 2.09. The molecule has 4 nitrogen and oxygen atoms in total. The van der Waals surface area contributed by atoms with Crippen LogP contribution in [0.3, 0.4) is 0 Å². The molecule has 0 aliphatic carbocycles. The molecule has 0 heterocycles. The number of rotatable bonds is 3. The van der Waals surface area contributed by atoms with Gasteiger partial charge in [0.1, 0.15) is 0 Å². The predicted octanol–water partition coefficient (Wildman–Crippen LogP) is 1.12. The van der Waals surface area contributed by atoms with Crippen LogP contribution in [0.25, 0.3) is 0 Å². The minimum atomic E-state index is -0.492. The number of hydrogen-bond acceptors (Lipinski definition) is 4. The van der Waals surface area contributed by atoms with Crippen molar-refractivity contribution in [2.75, 3.05) is 7.11 Å². The minimum absolute atomic E-state index is 0.0786. The van der Waals surface area contributed by atoms with Crippen LogP contribution in [0.1, 0.15) is 23.6 Å². The molecular formula is C11H12N2O2. The van der Waals surface area contributed by atoms with Crippen molar-refractivity contribution < 1.29 is 9.53 Å². The Morgan fingerprint density at radius 2 is 2.27 bits per heavy atom. The van der Waals surface area contributed by atoms with Crippen LogP contribution in [0.5, 0.6) is 0 Å². The zero-order valence-electron chi connectivity index (χ0n) is 8.43. The molecule has 0 unspecified atom stereocenters. The summed E-state index contributed by atoms with van der Waals surface area (Å²) in [6.45, 7) is 0. The van der Waals surface area contributed by atoms with Crippen molar-refractivity contribution in [1.29, 1.82) is 5.26 Å². The number of carbonyl (C=O) groups is 1. The fourth-order valence-corrected chi connectivity index (χ4v) is 1.30. The maximum atomic E-state index is 11.0. The number of carbonyl (C=O) groups excluding carboxylic acids is 1. The summed E-state index contributed by atoms with van der Waals surface area (Å²) >= 11 is 0. The van der Waals surface area contributed by atoms with Crippen molar-refractivity contribution in [3.63, 3.8) is 0 Å². The van der Waals surface area contributed by atoms with Crippen molar-refractivity contribution in [2.24, 2.45) is 5.73 Å². The second-order valence-corrected chi connectivity index (χ2v) is 3.09. The molecule has 1 atom stereocenters. The smallest absolute Gasteiger partial charge is 0.307 e. The quantitative estimate of drug-likeness (QED) is 0.748. The van der Waals surface area contributed by atoms with Gasteiger partial charge in [-0.1, -0.05) is 18.2 Å². The summed E-state index contributed by atoms with van der Waals surface area (Å²) in [5.41, 5.74) is 6.96. The van der Waals surface area contributed by atoms with Crippen LogP contribution in [-0.4, -0.2) is 13.1 Å². The normalized spacial score (nSPS) is 11.5. The Morgan fingerprint density at radius 3 is 2.87 bits per heavy atom. The Balaban J connectivity index is 2.87. The van der Waals surface area contributed by atoms with E-state index in [0.29, 0.717) is 11.1 Å². The van der Waals surface area contributed by atoms with E-state index in [1.54, 1.807) is 24.3 Å². The number of hydrogen-bond donors (Lipinski definition) is 1. The number of benzene rings is 1. The molecule has 0 aliphatic heterocycles. The maximum Gasteiger partial charge on any atom is 0.307 e. The molecule has 1 aromatic carbocycles. The molecule has 0 aromatic heterocycles. The van der Waals surface area contributed by atoms with E-state index in [4.69, 9.17) is 11.0 Å². The average molecular weight is 204 g/mol. The van der Waals surface area contributed by atoms with E-state index >= 15 is 0 Å². The van der Waals surface area contributed by atoms with E-state index in [0.717, 1.165) is 0 Å². The van der Waals surface area contributed by atoms with E-state index in [-0.39, 0.29) is 12.4 Å². The van der Waals surface area contributed by atoms with Gasteiger partial charge in [-0.25, -0.2) is 0 Å². The lowest BCUT2D eigenvalue weighted by Crippen LogP contribution is -2.17. The monoisotopic (exact) mass is 204 g/mol. The molecule has 0 saturated heterocycles. The number of ether oxygens (including phenoxy) is 1. The van der Waals surface area contributed by atoms with E-state index in [9.17, 15) is 4.79 Å². The minimum Gasteiger partial charge on any atom is -0.469 e. The molecule has 1 rings (SSSR count). The summed E-state index contributed by atoms with van der Waals surface area (Å²) in [5, 5.41) is 8.84. The summed E-state index contributed by atoms with van der Waals surface area (Å²) in [6.07, 6.45) is 0.0786. The van der Waals surface area contributed by atoms with Crippen LogP contribution in [0.4, 0.5) is 0 Å². The Kier molecular flexibility index (Phi) is 3.83. The van der Waals surface area contributed by atoms with Gasteiger partial charge in [0.15, 0.2) is 0 Å². The Hall–Kier alpha value is -1.86. The van der Waals surface area contributed by atoms with Crippen molar-refractivity contribution in [3.05, 3.63) is 35.4 Å². The number of nitrogens with two attached hydrogens (primary N) is 1. The number of methoxy groups -OCH3 is 1. The third-order valence-electron chi connectivity index (χ3n) is 2.09. The molecule has 1 aromatic rings. The molecule has 0 amide bonds. The second-order valence-electron chi connectivity index (χ2n) is 3.09. The van der Waals surface area contributed by atoms with Crippen LogP contribution < -0.4 is 5.73 Å². The molecular weight excluding hydrogens is 192 g/mol. The lowest BCUT2D eigenvalue weighted by atomic mass is 9.99. The molecule has 0 fully saturated rings. The Morgan fingerprint density at radius 1 is 1.60 bits per heavy atom. The van der Waals surface area contributed by atoms with Crippen LogP contribution >= 0.6 is 0 Å². The van der Waals surface area contributed by atoms with E-state index in [2.05, 4.69) is 4.74 Å². The van der Waals surface area contributed by atoms with Gasteiger partial charge in [-0.15, -0.1) is 0 Å². The number of nitriles is 1. The van der Waals surface area contributed by atoms with Crippen LogP contribution in [0.2, 0.25) is 0 Å². The predicted molar refractivity (Wildman–Crippen MR) is 54.7 cm³/mol. The fraction of sp³-hybridized carbons (Fsp3) is 0.273. The fourth-order valence-electron chi connectivity index (χ4n) is 1.30. The highest BCUT2D eigenvalue weighted by Crippen LogP contribution is 2.18. The van der Waals surface area contributed by atoms with Gasteiger partial charge in [0, 0.05) is 6.04 Å². The molecule has 4 heteroatoms. The van der Waals surface area contributed by atoms with Gasteiger partial charge in [-0.05, 0) is 11.6 Å². The average Bonchev–Trinajstić information content (AvgIpc) is 2.28. The highest BCUT2D eigenvalue weighted by Gasteiger charge is 2.14. The van der Waals surface area contributed by atoms with E-state index in [1.165, 1.54) is 7.11 Å². The Labute approximate surface area is 88.3 Å². The van der Waals surface area contributed by atoms with Crippen molar-refractivity contribution in [3.8, 4) is 6.07 Å². The first-order chi connectivity index (χ1) is 7.19. The molecule has 0 bridgehead atoms. The zero-order chi connectivity index (χ0) is 11.3. The van der Waals surface area contributed by atoms with E-state index in [1.807, 2.05) is 6.07 Å². The summed E-state index contributed by atoms with van der Waals surface area (Å²) in [5.74, 6) is -0.379. The van der Waals surface area contributed by atoms with Gasteiger partial charge in [-0.3, -0.25) is 4.79 Å². The second kappa shape index (κ2) is 5.13. The topological polar surface area (TPSA) is 76.1 Å². The van der Waals surface area contributed by atoms with Gasteiger partial charge >= 0.3 is 5.97 Å². The number of nitrogens with zero attached hydrogens (tertiary/aromatic N) is 1. The van der Waals surface area contributed by atoms with E-state index < -0.39 is 6.04 Å².